The zero-order valence-electron chi connectivity index (χ0n) is 16.8. The van der Waals surface area contributed by atoms with Gasteiger partial charge in [0.25, 0.3) is 0 Å². The van der Waals surface area contributed by atoms with Crippen LogP contribution in [0.2, 0.25) is 0 Å². The molecule has 1 N–H and O–H groups in total. The summed E-state index contributed by atoms with van der Waals surface area (Å²) in [5, 5.41) is 4.40. The number of aromatic nitrogens is 2. The lowest BCUT2D eigenvalue weighted by atomic mass is 10.1. The van der Waals surface area contributed by atoms with Crippen LogP contribution in [0.3, 0.4) is 0 Å². The third-order valence-corrected chi connectivity index (χ3v) is 5.64. The van der Waals surface area contributed by atoms with Gasteiger partial charge < -0.3 is 24.6 Å². The molecule has 4 rings (SSSR count). The van der Waals surface area contributed by atoms with Crippen LogP contribution in [0.1, 0.15) is 25.7 Å². The van der Waals surface area contributed by atoms with Crippen LogP contribution in [0.15, 0.2) is 18.5 Å². The van der Waals surface area contributed by atoms with Crippen molar-refractivity contribution in [1.82, 2.24) is 20.2 Å². The lowest BCUT2D eigenvalue weighted by Crippen LogP contribution is -2.44. The van der Waals surface area contributed by atoms with Crippen LogP contribution in [0.4, 0.5) is 5.82 Å². The number of nitrogens with zero attached hydrogens (tertiary/aromatic N) is 4. The van der Waals surface area contributed by atoms with Gasteiger partial charge >= 0.3 is 0 Å². The van der Waals surface area contributed by atoms with E-state index in [0.717, 1.165) is 67.4 Å². The molecule has 0 atom stereocenters. The number of hydrogen-bond donors (Lipinski definition) is 1. The minimum absolute atomic E-state index is 0.689. The van der Waals surface area contributed by atoms with Crippen molar-refractivity contribution in [3.05, 3.63) is 18.5 Å². The first kappa shape index (κ1) is 19.2. The number of piperazine rings is 1. The molecule has 1 aromatic heterocycles. The van der Waals surface area contributed by atoms with E-state index in [-0.39, 0.29) is 0 Å². The zero-order chi connectivity index (χ0) is 19.2. The Morgan fingerprint density at radius 3 is 2.61 bits per heavy atom. The van der Waals surface area contributed by atoms with E-state index in [1.807, 2.05) is 12.1 Å². The van der Waals surface area contributed by atoms with Crippen molar-refractivity contribution in [1.29, 1.82) is 0 Å². The van der Waals surface area contributed by atoms with Crippen molar-refractivity contribution in [2.24, 2.45) is 0 Å². The number of methoxy groups -OCH3 is 1. The van der Waals surface area contributed by atoms with Crippen LogP contribution in [-0.4, -0.2) is 74.4 Å². The van der Waals surface area contributed by atoms with Crippen molar-refractivity contribution in [2.45, 2.75) is 25.7 Å². The Labute approximate surface area is 167 Å². The van der Waals surface area contributed by atoms with E-state index in [9.17, 15) is 0 Å². The highest BCUT2D eigenvalue weighted by molar-refractivity contribution is 5.92. The highest BCUT2D eigenvalue weighted by Crippen LogP contribution is 2.35. The van der Waals surface area contributed by atoms with Gasteiger partial charge in [0.2, 0.25) is 0 Å². The molecular weight excluding hydrogens is 354 g/mol. The van der Waals surface area contributed by atoms with E-state index in [0.29, 0.717) is 6.61 Å². The molecule has 0 bridgehead atoms. The summed E-state index contributed by atoms with van der Waals surface area (Å²) < 4.78 is 11.7. The maximum absolute atomic E-state index is 6.08. The number of fused-ring (bicyclic) bond motifs is 1. The molecule has 0 spiro atoms. The van der Waals surface area contributed by atoms with E-state index in [2.05, 4.69) is 25.1 Å². The quantitative estimate of drug-likeness (QED) is 0.734. The number of piperidine rings is 1. The maximum atomic E-state index is 6.08. The van der Waals surface area contributed by atoms with E-state index in [1.165, 1.54) is 32.4 Å². The third kappa shape index (κ3) is 4.47. The highest BCUT2D eigenvalue weighted by Gasteiger charge is 2.18. The number of likely N-dealkylation sites (tertiary alicyclic amines) is 1. The van der Waals surface area contributed by atoms with Crippen molar-refractivity contribution in [2.75, 3.05) is 64.4 Å². The second-order valence-corrected chi connectivity index (χ2v) is 7.56. The molecule has 1 aromatic carbocycles. The summed E-state index contributed by atoms with van der Waals surface area (Å²) in [6.45, 7) is 8.09. The second kappa shape index (κ2) is 9.39. The molecule has 152 valence electrons. The molecule has 0 unspecified atom stereocenters. The van der Waals surface area contributed by atoms with Gasteiger partial charge in [-0.2, -0.15) is 0 Å². The van der Waals surface area contributed by atoms with E-state index in [1.54, 1.807) is 13.4 Å². The molecule has 0 radical (unpaired) electrons. The van der Waals surface area contributed by atoms with Crippen molar-refractivity contribution < 1.29 is 9.47 Å². The zero-order valence-corrected chi connectivity index (χ0v) is 16.8. The molecule has 2 aliphatic rings. The van der Waals surface area contributed by atoms with Gasteiger partial charge in [-0.15, -0.1) is 0 Å². The van der Waals surface area contributed by atoms with E-state index in [4.69, 9.17) is 9.47 Å². The highest BCUT2D eigenvalue weighted by atomic mass is 16.5. The van der Waals surface area contributed by atoms with Gasteiger partial charge in [-0.3, -0.25) is 0 Å². The Hall–Kier alpha value is -2.12. The molecule has 7 heteroatoms. The lowest BCUT2D eigenvalue weighted by molar-refractivity contribution is 0.203. The Bertz CT molecular complexity index is 773. The molecule has 0 amide bonds. The van der Waals surface area contributed by atoms with Crippen LogP contribution in [0, 0.1) is 0 Å². The number of rotatable bonds is 7. The average molecular weight is 386 g/mol. The summed E-state index contributed by atoms with van der Waals surface area (Å²) in [6, 6.07) is 4.01. The normalized spacial score (nSPS) is 18.4. The first-order valence-electron chi connectivity index (χ1n) is 10.5. The van der Waals surface area contributed by atoms with Gasteiger partial charge in [0.05, 0.1) is 19.2 Å². The molecule has 2 fully saturated rings. The summed E-state index contributed by atoms with van der Waals surface area (Å²) in [7, 11) is 1.69. The van der Waals surface area contributed by atoms with Crippen LogP contribution in [-0.2, 0) is 0 Å². The fraction of sp³-hybridized carbons (Fsp3) is 0.619. The number of hydrogen-bond acceptors (Lipinski definition) is 7. The fourth-order valence-corrected chi connectivity index (χ4v) is 4.10. The lowest BCUT2D eigenvalue weighted by Gasteiger charge is -2.29. The first-order valence-corrected chi connectivity index (χ1v) is 10.5. The summed E-state index contributed by atoms with van der Waals surface area (Å²) in [5.41, 5.74) is 0.898. The van der Waals surface area contributed by atoms with Gasteiger partial charge in [0.15, 0.2) is 11.5 Å². The Morgan fingerprint density at radius 2 is 1.82 bits per heavy atom. The number of benzene rings is 1. The molecule has 0 saturated carbocycles. The standard InChI is InChI=1S/C21H31N5O2/c1-27-19-14-17-18(23-16-24-21(17)26-11-6-22-7-12-26)15-20(19)28-13-5-10-25-8-3-2-4-9-25/h14-16,22H,2-13H2,1H3. The van der Waals surface area contributed by atoms with Gasteiger partial charge in [0, 0.05) is 44.2 Å². The average Bonchev–Trinajstić information content (AvgIpc) is 2.77. The summed E-state index contributed by atoms with van der Waals surface area (Å²) >= 11 is 0. The smallest absolute Gasteiger partial charge is 0.163 e. The molecule has 2 aromatic rings. The van der Waals surface area contributed by atoms with Gasteiger partial charge in [-0.1, -0.05) is 6.42 Å². The minimum Gasteiger partial charge on any atom is -0.493 e. The predicted molar refractivity (Wildman–Crippen MR) is 112 cm³/mol. The molecular formula is C21H31N5O2. The van der Waals surface area contributed by atoms with Crippen LogP contribution in [0.25, 0.3) is 10.9 Å². The van der Waals surface area contributed by atoms with Crippen molar-refractivity contribution in [3.8, 4) is 11.5 Å². The van der Waals surface area contributed by atoms with Crippen LogP contribution in [0.5, 0.6) is 11.5 Å². The summed E-state index contributed by atoms with van der Waals surface area (Å²) in [5.74, 6) is 2.48. The SMILES string of the molecule is COc1cc2c(N3CCNCC3)ncnc2cc1OCCCN1CCCCC1. The number of ether oxygens (including phenoxy) is 2. The Morgan fingerprint density at radius 1 is 1.00 bits per heavy atom. The Kier molecular flexibility index (Phi) is 6.44. The second-order valence-electron chi connectivity index (χ2n) is 7.56. The minimum atomic E-state index is 0.689. The first-order chi connectivity index (χ1) is 13.8. The van der Waals surface area contributed by atoms with Crippen molar-refractivity contribution in [3.63, 3.8) is 0 Å². The molecule has 3 heterocycles. The largest absolute Gasteiger partial charge is 0.493 e. The topological polar surface area (TPSA) is 62.8 Å². The third-order valence-electron chi connectivity index (χ3n) is 5.64. The number of nitrogens with one attached hydrogen (secondary N) is 1. The molecule has 2 saturated heterocycles. The van der Waals surface area contributed by atoms with Gasteiger partial charge in [0.1, 0.15) is 12.1 Å². The molecule has 2 aliphatic heterocycles. The maximum Gasteiger partial charge on any atom is 0.163 e. The fourth-order valence-electron chi connectivity index (χ4n) is 4.10. The van der Waals surface area contributed by atoms with Crippen LogP contribution >= 0.6 is 0 Å². The molecule has 7 nitrogen and oxygen atoms in total. The summed E-state index contributed by atoms with van der Waals surface area (Å²) in [6.07, 6.45) is 6.70. The van der Waals surface area contributed by atoms with E-state index < -0.39 is 0 Å². The van der Waals surface area contributed by atoms with E-state index >= 15 is 0 Å². The van der Waals surface area contributed by atoms with Gasteiger partial charge in [-0.05, 0) is 38.4 Å². The predicted octanol–water partition coefficient (Wildman–Crippen LogP) is 2.30. The van der Waals surface area contributed by atoms with Crippen molar-refractivity contribution >= 4 is 16.7 Å². The van der Waals surface area contributed by atoms with Crippen LogP contribution < -0.4 is 19.7 Å². The molecule has 28 heavy (non-hydrogen) atoms. The molecule has 0 aliphatic carbocycles. The van der Waals surface area contributed by atoms with Gasteiger partial charge in [-0.25, -0.2) is 9.97 Å². The monoisotopic (exact) mass is 385 g/mol. The Balaban J connectivity index is 1.46. The summed E-state index contributed by atoms with van der Waals surface area (Å²) in [4.78, 5) is 13.9. The number of anilines is 1.